The zero-order valence-corrected chi connectivity index (χ0v) is 14.7. The van der Waals surface area contributed by atoms with Gasteiger partial charge in [0.15, 0.2) is 0 Å². The quantitative estimate of drug-likeness (QED) is 0.825. The van der Waals surface area contributed by atoms with Crippen molar-refractivity contribution in [1.82, 2.24) is 14.9 Å². The van der Waals surface area contributed by atoms with Gasteiger partial charge in [-0.25, -0.2) is 0 Å². The maximum absolute atomic E-state index is 12.8. The molecule has 1 amide bonds. The fourth-order valence-electron chi connectivity index (χ4n) is 3.96. The summed E-state index contributed by atoms with van der Waals surface area (Å²) in [7, 11) is 0. The third-order valence-electron chi connectivity index (χ3n) is 5.39. The first-order valence-electron chi connectivity index (χ1n) is 9.04. The Morgan fingerprint density at radius 2 is 1.92 bits per heavy atom. The number of pyridine rings is 2. The van der Waals surface area contributed by atoms with Crippen LogP contribution in [-0.2, 0) is 16.1 Å². The Kier molecular flexibility index (Phi) is 4.95. The molecule has 2 aromatic heterocycles. The van der Waals surface area contributed by atoms with Crippen molar-refractivity contribution in [3.63, 3.8) is 0 Å². The molecule has 4 heterocycles. The predicted octanol–water partition coefficient (Wildman–Crippen LogP) is 2.31. The zero-order chi connectivity index (χ0) is 17.8. The lowest BCUT2D eigenvalue weighted by Crippen LogP contribution is -2.53. The molecule has 0 spiro atoms. The van der Waals surface area contributed by atoms with E-state index in [1.54, 1.807) is 36.9 Å². The monoisotopic (exact) mass is 353 g/mol. The summed E-state index contributed by atoms with van der Waals surface area (Å²) in [6.45, 7) is 3.28. The molecule has 2 aliphatic heterocycles. The molecule has 6 heteroatoms. The Bertz CT molecular complexity index is 740. The van der Waals surface area contributed by atoms with Crippen LogP contribution in [0.15, 0.2) is 49.1 Å². The number of rotatable bonds is 5. The molecule has 0 saturated carbocycles. The number of nitrogens with zero attached hydrogens (tertiary/aromatic N) is 3. The van der Waals surface area contributed by atoms with E-state index in [1.165, 1.54) is 0 Å². The van der Waals surface area contributed by atoms with Gasteiger partial charge in [0.25, 0.3) is 5.91 Å². The summed E-state index contributed by atoms with van der Waals surface area (Å²) in [4.78, 5) is 22.8. The molecule has 2 saturated heterocycles. The van der Waals surface area contributed by atoms with Gasteiger partial charge in [0.1, 0.15) is 0 Å². The van der Waals surface area contributed by atoms with Crippen molar-refractivity contribution in [2.75, 3.05) is 26.3 Å². The lowest BCUT2D eigenvalue weighted by molar-refractivity contribution is -0.0602. The van der Waals surface area contributed by atoms with Gasteiger partial charge in [-0.05, 0) is 42.7 Å². The van der Waals surface area contributed by atoms with E-state index in [2.05, 4.69) is 9.97 Å². The number of carbonyl (C=O) groups excluding carboxylic acids is 1. The van der Waals surface area contributed by atoms with Crippen LogP contribution in [-0.4, -0.2) is 53.2 Å². The summed E-state index contributed by atoms with van der Waals surface area (Å²) in [6, 6.07) is 7.46. The average Bonchev–Trinajstić information content (AvgIpc) is 3.12. The summed E-state index contributed by atoms with van der Waals surface area (Å²) >= 11 is 0. The molecule has 26 heavy (non-hydrogen) atoms. The van der Waals surface area contributed by atoms with Crippen molar-refractivity contribution in [3.8, 4) is 0 Å². The van der Waals surface area contributed by atoms with Gasteiger partial charge in [-0.2, -0.15) is 0 Å². The third-order valence-corrected chi connectivity index (χ3v) is 5.39. The standard InChI is InChI=1S/C20H23N3O3/c24-19(17-3-9-22-10-4-17)23-11-5-18-20(14-23,6-12-26-18)15-25-13-16-1-7-21-8-2-16/h1-4,7-10,18H,5-6,11-15H2/t18-,20+/m1/s1. The first-order chi connectivity index (χ1) is 12.8. The normalized spacial score (nSPS) is 25.1. The molecule has 4 rings (SSSR count). The van der Waals surface area contributed by atoms with Gasteiger partial charge in [0, 0.05) is 55.5 Å². The van der Waals surface area contributed by atoms with Gasteiger partial charge in [-0.15, -0.1) is 0 Å². The number of likely N-dealkylation sites (tertiary alicyclic amines) is 1. The van der Waals surface area contributed by atoms with E-state index in [1.807, 2.05) is 17.0 Å². The maximum atomic E-state index is 12.8. The Labute approximate surface area is 153 Å². The molecule has 2 fully saturated rings. The molecule has 6 nitrogen and oxygen atoms in total. The predicted molar refractivity (Wildman–Crippen MR) is 95.4 cm³/mol. The van der Waals surface area contributed by atoms with Crippen molar-refractivity contribution in [1.29, 1.82) is 0 Å². The topological polar surface area (TPSA) is 64.6 Å². The molecular formula is C20H23N3O3. The van der Waals surface area contributed by atoms with E-state index in [0.717, 1.165) is 31.6 Å². The van der Waals surface area contributed by atoms with Crippen LogP contribution in [0.3, 0.4) is 0 Å². The van der Waals surface area contributed by atoms with Crippen LogP contribution in [0.4, 0.5) is 0 Å². The number of fused-ring (bicyclic) bond motifs is 1. The summed E-state index contributed by atoms with van der Waals surface area (Å²) in [6.07, 6.45) is 8.81. The summed E-state index contributed by atoms with van der Waals surface area (Å²) in [5, 5.41) is 0. The zero-order valence-electron chi connectivity index (χ0n) is 14.7. The van der Waals surface area contributed by atoms with Crippen molar-refractivity contribution < 1.29 is 14.3 Å². The van der Waals surface area contributed by atoms with Gasteiger partial charge >= 0.3 is 0 Å². The van der Waals surface area contributed by atoms with Crippen molar-refractivity contribution in [3.05, 3.63) is 60.2 Å². The van der Waals surface area contributed by atoms with Gasteiger partial charge in [-0.1, -0.05) is 0 Å². The molecule has 0 N–H and O–H groups in total. The van der Waals surface area contributed by atoms with Gasteiger partial charge in [0.2, 0.25) is 0 Å². The summed E-state index contributed by atoms with van der Waals surface area (Å²) in [5.41, 5.74) is 1.67. The van der Waals surface area contributed by atoms with E-state index >= 15 is 0 Å². The van der Waals surface area contributed by atoms with E-state index in [0.29, 0.717) is 25.3 Å². The maximum Gasteiger partial charge on any atom is 0.253 e. The van der Waals surface area contributed by atoms with E-state index in [-0.39, 0.29) is 17.4 Å². The molecule has 0 aromatic carbocycles. The van der Waals surface area contributed by atoms with E-state index < -0.39 is 0 Å². The van der Waals surface area contributed by atoms with Crippen LogP contribution in [0.2, 0.25) is 0 Å². The van der Waals surface area contributed by atoms with Gasteiger partial charge in [-0.3, -0.25) is 14.8 Å². The van der Waals surface area contributed by atoms with Crippen molar-refractivity contribution >= 4 is 5.91 Å². The molecule has 2 atom stereocenters. The van der Waals surface area contributed by atoms with Crippen LogP contribution in [0, 0.1) is 5.41 Å². The number of amides is 1. The lowest BCUT2D eigenvalue weighted by Gasteiger charge is -2.43. The van der Waals surface area contributed by atoms with Crippen LogP contribution >= 0.6 is 0 Å². The molecule has 2 aliphatic rings. The number of hydrogen-bond acceptors (Lipinski definition) is 5. The van der Waals surface area contributed by atoms with Crippen molar-refractivity contribution in [2.45, 2.75) is 25.6 Å². The highest BCUT2D eigenvalue weighted by Gasteiger charge is 2.49. The largest absolute Gasteiger partial charge is 0.377 e. The molecule has 136 valence electrons. The number of aromatic nitrogens is 2. The van der Waals surface area contributed by atoms with Crippen LogP contribution in [0.1, 0.15) is 28.8 Å². The summed E-state index contributed by atoms with van der Waals surface area (Å²) in [5.74, 6) is 0.0614. The third kappa shape index (κ3) is 3.48. The first kappa shape index (κ1) is 17.1. The smallest absolute Gasteiger partial charge is 0.253 e. The number of carbonyl (C=O) groups is 1. The highest BCUT2D eigenvalue weighted by atomic mass is 16.5. The lowest BCUT2D eigenvalue weighted by atomic mass is 9.77. The Hall–Kier alpha value is -2.31. The second kappa shape index (κ2) is 7.51. The van der Waals surface area contributed by atoms with E-state index in [4.69, 9.17) is 9.47 Å². The molecule has 2 aromatic rings. The molecule has 0 aliphatic carbocycles. The molecule has 0 bridgehead atoms. The highest BCUT2D eigenvalue weighted by molar-refractivity contribution is 5.94. The van der Waals surface area contributed by atoms with Crippen molar-refractivity contribution in [2.24, 2.45) is 5.41 Å². The van der Waals surface area contributed by atoms with Gasteiger partial charge < -0.3 is 14.4 Å². The highest BCUT2D eigenvalue weighted by Crippen LogP contribution is 2.41. The second-order valence-electron chi connectivity index (χ2n) is 7.07. The SMILES string of the molecule is O=C(c1ccncc1)N1CC[C@H]2OCC[C@@]2(COCc2ccncc2)C1. The van der Waals surface area contributed by atoms with Crippen LogP contribution in [0.25, 0.3) is 0 Å². The molecule has 0 radical (unpaired) electrons. The van der Waals surface area contributed by atoms with Crippen LogP contribution in [0.5, 0.6) is 0 Å². The van der Waals surface area contributed by atoms with Gasteiger partial charge in [0.05, 0.1) is 19.3 Å². The fraction of sp³-hybridized carbons (Fsp3) is 0.450. The van der Waals surface area contributed by atoms with Crippen LogP contribution < -0.4 is 0 Å². The second-order valence-corrected chi connectivity index (χ2v) is 7.07. The average molecular weight is 353 g/mol. The Morgan fingerprint density at radius 1 is 1.19 bits per heavy atom. The summed E-state index contributed by atoms with van der Waals surface area (Å²) < 4.78 is 12.0. The minimum atomic E-state index is -0.117. The number of hydrogen-bond donors (Lipinski definition) is 0. The Balaban J connectivity index is 1.43. The minimum Gasteiger partial charge on any atom is -0.377 e. The number of ether oxygens (including phenoxy) is 2. The molecule has 0 unspecified atom stereocenters. The number of piperidine rings is 1. The fourth-order valence-corrected chi connectivity index (χ4v) is 3.96. The first-order valence-corrected chi connectivity index (χ1v) is 9.04. The Morgan fingerprint density at radius 3 is 2.69 bits per heavy atom. The van der Waals surface area contributed by atoms with E-state index in [9.17, 15) is 4.79 Å². The molecular weight excluding hydrogens is 330 g/mol. The minimum absolute atomic E-state index is 0.0614.